The maximum absolute atomic E-state index is 13.2. The summed E-state index contributed by atoms with van der Waals surface area (Å²) in [5.41, 5.74) is 7.53. The highest BCUT2D eigenvalue weighted by Crippen LogP contribution is 2.31. The third-order valence-electron chi connectivity index (χ3n) is 7.72. The van der Waals surface area contributed by atoms with Gasteiger partial charge in [-0.2, -0.15) is 5.10 Å². The Morgan fingerprint density at radius 2 is 1.77 bits per heavy atom. The topological polar surface area (TPSA) is 189 Å². The molecule has 48 heavy (non-hydrogen) atoms. The lowest BCUT2D eigenvalue weighted by Crippen LogP contribution is -2.39. The van der Waals surface area contributed by atoms with E-state index in [0.717, 1.165) is 11.1 Å². The molecule has 254 valence electrons. The molecule has 0 radical (unpaired) electrons. The Bertz CT molecular complexity index is 1740. The summed E-state index contributed by atoms with van der Waals surface area (Å²) >= 11 is 0. The minimum atomic E-state index is -0.976. The van der Waals surface area contributed by atoms with Crippen molar-refractivity contribution < 1.29 is 38.4 Å². The lowest BCUT2D eigenvalue weighted by Gasteiger charge is -2.30. The van der Waals surface area contributed by atoms with Crippen LogP contribution in [0, 0.1) is 0 Å². The zero-order valence-electron chi connectivity index (χ0n) is 27.1. The van der Waals surface area contributed by atoms with Crippen molar-refractivity contribution in [2.45, 2.75) is 57.3 Å². The number of anilines is 1. The van der Waals surface area contributed by atoms with Crippen molar-refractivity contribution in [2.24, 2.45) is 5.73 Å². The number of benzene rings is 1. The van der Waals surface area contributed by atoms with Crippen LogP contribution in [-0.4, -0.2) is 82.3 Å². The van der Waals surface area contributed by atoms with Gasteiger partial charge in [0.05, 0.1) is 47.3 Å². The summed E-state index contributed by atoms with van der Waals surface area (Å²) in [4.78, 5) is 41.6. The molecule has 5 rings (SSSR count). The number of carbonyl (C=O) groups excluding carboxylic acids is 3. The number of methoxy groups -OCH3 is 1. The number of nitrogens with two attached hydrogens (primary N) is 1. The fraction of sp³-hybridized carbons (Fsp3) is 0.382. The van der Waals surface area contributed by atoms with Gasteiger partial charge in [-0.1, -0.05) is 6.07 Å². The van der Waals surface area contributed by atoms with Gasteiger partial charge in [0, 0.05) is 24.9 Å². The number of primary amides is 1. The number of pyridine rings is 2. The van der Waals surface area contributed by atoms with Crippen molar-refractivity contribution in [3.63, 3.8) is 0 Å². The predicted octanol–water partition coefficient (Wildman–Crippen LogP) is 3.96. The molecule has 0 spiro atoms. The van der Waals surface area contributed by atoms with E-state index in [0.29, 0.717) is 54.1 Å². The lowest BCUT2D eigenvalue weighted by atomic mass is 9.92. The van der Waals surface area contributed by atoms with Crippen LogP contribution < -0.4 is 25.8 Å². The highest BCUT2D eigenvalue weighted by molar-refractivity contribution is 6.00. The van der Waals surface area contributed by atoms with Crippen LogP contribution in [0.5, 0.6) is 11.5 Å². The first kappa shape index (κ1) is 34.1. The minimum Gasteiger partial charge on any atom is -0.490 e. The summed E-state index contributed by atoms with van der Waals surface area (Å²) in [5, 5.41) is 19.9. The molecular formula is C34H40N6O8. The number of aliphatic hydroxyl groups is 1. The van der Waals surface area contributed by atoms with Gasteiger partial charge >= 0.3 is 6.09 Å². The van der Waals surface area contributed by atoms with Crippen molar-refractivity contribution in [3.05, 3.63) is 72.2 Å². The van der Waals surface area contributed by atoms with Crippen LogP contribution in [0.2, 0.25) is 0 Å². The molecule has 0 saturated heterocycles. The molecule has 3 amide bonds. The second-order valence-electron chi connectivity index (χ2n) is 12.2. The average molecular weight is 661 g/mol. The van der Waals surface area contributed by atoms with E-state index in [2.05, 4.69) is 20.7 Å². The van der Waals surface area contributed by atoms with Crippen molar-refractivity contribution in [3.8, 4) is 22.6 Å². The van der Waals surface area contributed by atoms with Crippen LogP contribution in [0.3, 0.4) is 0 Å². The maximum Gasteiger partial charge on any atom is 0.412 e. The molecule has 14 heteroatoms. The van der Waals surface area contributed by atoms with Gasteiger partial charge in [0.25, 0.3) is 11.8 Å². The Morgan fingerprint density at radius 3 is 2.46 bits per heavy atom. The number of aromatic nitrogens is 3. The Morgan fingerprint density at radius 1 is 1.00 bits per heavy atom. The number of nitrogens with one attached hydrogen (secondary N) is 2. The van der Waals surface area contributed by atoms with Crippen molar-refractivity contribution >= 4 is 29.2 Å². The van der Waals surface area contributed by atoms with Crippen LogP contribution >= 0.6 is 0 Å². The average Bonchev–Trinajstić information content (AvgIpc) is 3.48. The van der Waals surface area contributed by atoms with E-state index in [4.69, 9.17) is 24.7 Å². The molecule has 3 heterocycles. The van der Waals surface area contributed by atoms with E-state index >= 15 is 0 Å². The van der Waals surface area contributed by atoms with Crippen LogP contribution in [0.1, 0.15) is 60.2 Å². The zero-order valence-corrected chi connectivity index (χ0v) is 27.1. The van der Waals surface area contributed by atoms with Crippen molar-refractivity contribution in [1.29, 1.82) is 0 Å². The second kappa shape index (κ2) is 15.1. The Hall–Kier alpha value is -5.21. The fourth-order valence-electron chi connectivity index (χ4n) is 5.25. The van der Waals surface area contributed by atoms with E-state index in [1.165, 1.54) is 13.3 Å². The molecule has 1 fully saturated rings. The number of hydrogen-bond acceptors (Lipinski definition) is 10. The van der Waals surface area contributed by atoms with Gasteiger partial charge in [0.1, 0.15) is 30.5 Å². The van der Waals surface area contributed by atoms with Crippen molar-refractivity contribution in [2.75, 3.05) is 32.2 Å². The Kier molecular flexibility index (Phi) is 10.8. The first-order valence-corrected chi connectivity index (χ1v) is 15.6. The summed E-state index contributed by atoms with van der Waals surface area (Å²) in [6, 6.07) is 12.0. The summed E-state index contributed by atoms with van der Waals surface area (Å²) in [6.45, 7) is 3.85. The Labute approximate surface area is 277 Å². The van der Waals surface area contributed by atoms with Crippen LogP contribution in [0.15, 0.2) is 61.1 Å². The number of fused-ring (bicyclic) bond motifs is 1. The number of ether oxygens (including phenoxy) is 4. The van der Waals surface area contributed by atoms with Crippen LogP contribution in [-0.2, 0) is 9.47 Å². The molecule has 14 nitrogen and oxygen atoms in total. The molecule has 0 aliphatic heterocycles. The SMILES string of the molecule is COCCOC(=O)Nc1ccc(-c2ccc(C(N)=O)c(OC3CCC(NC(=O)c4cnn5cc(OCC(C)(C)O)ccc45)CC3)c2)cn1. The maximum atomic E-state index is 13.2. The van der Waals surface area contributed by atoms with Gasteiger partial charge in [0.2, 0.25) is 0 Å². The predicted molar refractivity (Wildman–Crippen MR) is 176 cm³/mol. The summed E-state index contributed by atoms with van der Waals surface area (Å²) in [6.07, 6.45) is 6.65. The van der Waals surface area contributed by atoms with Gasteiger partial charge in [-0.25, -0.2) is 14.3 Å². The highest BCUT2D eigenvalue weighted by atomic mass is 16.6. The number of carbonyl (C=O) groups is 3. The molecule has 3 aromatic heterocycles. The standard InChI is InChI=1S/C34H40N6O8/c1-34(2,44)20-47-25-10-12-28-27(18-37-40(28)19-25)32(42)38-23-6-8-24(9-7-23)48-29-16-21(4-11-26(29)31(35)41)22-5-13-30(36-17-22)39-33(43)46-15-14-45-3/h4-5,10-13,16-19,23-24,44H,6-9,14-15,20H2,1-3H3,(H2,35,41)(H,38,42)(H,36,39,43). The molecule has 1 aliphatic carbocycles. The van der Waals surface area contributed by atoms with E-state index in [1.807, 2.05) is 0 Å². The monoisotopic (exact) mass is 660 g/mol. The van der Waals surface area contributed by atoms with Crippen LogP contribution in [0.4, 0.5) is 10.6 Å². The van der Waals surface area contributed by atoms with Crippen molar-refractivity contribution in [1.82, 2.24) is 19.9 Å². The van der Waals surface area contributed by atoms with Gasteiger partial charge < -0.3 is 35.1 Å². The van der Waals surface area contributed by atoms with E-state index < -0.39 is 17.6 Å². The van der Waals surface area contributed by atoms with E-state index in [1.54, 1.807) is 73.2 Å². The molecule has 0 atom stereocenters. The molecule has 1 aliphatic rings. The minimum absolute atomic E-state index is 0.0564. The first-order chi connectivity index (χ1) is 23.0. The number of amides is 3. The summed E-state index contributed by atoms with van der Waals surface area (Å²) < 4.78 is 23.4. The quantitative estimate of drug-likeness (QED) is 0.153. The first-order valence-electron chi connectivity index (χ1n) is 15.6. The molecule has 0 bridgehead atoms. The number of nitrogens with zero attached hydrogens (tertiary/aromatic N) is 3. The summed E-state index contributed by atoms with van der Waals surface area (Å²) in [7, 11) is 1.52. The molecule has 1 aromatic carbocycles. The normalized spacial score (nSPS) is 16.2. The van der Waals surface area contributed by atoms with E-state index in [-0.39, 0.29) is 43.4 Å². The number of rotatable bonds is 13. The Balaban J connectivity index is 1.17. The largest absolute Gasteiger partial charge is 0.490 e. The van der Waals surface area contributed by atoms with E-state index in [9.17, 15) is 19.5 Å². The molecule has 4 aromatic rings. The summed E-state index contributed by atoms with van der Waals surface area (Å²) in [5.74, 6) is 0.392. The smallest absolute Gasteiger partial charge is 0.412 e. The van der Waals surface area contributed by atoms with Gasteiger partial charge in [-0.15, -0.1) is 0 Å². The molecule has 0 unspecified atom stereocenters. The third-order valence-corrected chi connectivity index (χ3v) is 7.72. The molecular weight excluding hydrogens is 620 g/mol. The van der Waals surface area contributed by atoms with Gasteiger partial charge in [-0.05, 0) is 81.5 Å². The lowest BCUT2D eigenvalue weighted by molar-refractivity contribution is 0.0283. The number of hydrogen-bond donors (Lipinski definition) is 4. The fourth-order valence-corrected chi connectivity index (χ4v) is 5.25. The molecule has 5 N–H and O–H groups in total. The third kappa shape index (κ3) is 8.98. The van der Waals surface area contributed by atoms with Gasteiger partial charge in [-0.3, -0.25) is 14.9 Å². The molecule has 1 saturated carbocycles. The highest BCUT2D eigenvalue weighted by Gasteiger charge is 2.26. The second-order valence-corrected chi connectivity index (χ2v) is 12.2. The zero-order chi connectivity index (χ0) is 34.3. The van der Waals surface area contributed by atoms with Gasteiger partial charge in [0.15, 0.2) is 0 Å². The van der Waals surface area contributed by atoms with Crippen LogP contribution in [0.25, 0.3) is 16.6 Å².